The van der Waals surface area contributed by atoms with Crippen LogP contribution in [0.3, 0.4) is 0 Å². The van der Waals surface area contributed by atoms with E-state index in [1.165, 1.54) is 0 Å². The number of methoxy groups -OCH3 is 1. The summed E-state index contributed by atoms with van der Waals surface area (Å²) in [5, 5.41) is 12.0. The third-order valence-electron chi connectivity index (χ3n) is 3.45. The lowest BCUT2D eigenvalue weighted by atomic mass is 10.2. The van der Waals surface area contributed by atoms with E-state index in [-0.39, 0.29) is 6.04 Å². The molecule has 0 atom stereocenters. The average molecular weight is 263 g/mol. The largest absolute Gasteiger partial charge is 0.624 e. The summed E-state index contributed by atoms with van der Waals surface area (Å²) >= 11 is 0. The van der Waals surface area contributed by atoms with Gasteiger partial charge in [0.15, 0.2) is 23.8 Å². The van der Waals surface area contributed by atoms with Crippen LogP contribution in [0.5, 0.6) is 11.5 Å². The average Bonchev–Trinajstić information content (AvgIpc) is 2.93. The van der Waals surface area contributed by atoms with Gasteiger partial charge in [-0.3, -0.25) is 0 Å². The molecular weight excluding hydrogens is 242 g/mol. The monoisotopic (exact) mass is 263 g/mol. The Morgan fingerprint density at radius 2 is 2.05 bits per heavy atom. The quantitative estimate of drug-likeness (QED) is 0.355. The van der Waals surface area contributed by atoms with Gasteiger partial charge in [-0.05, 0) is 38.0 Å². The second kappa shape index (κ2) is 6.45. The number of hydrogen-bond acceptors (Lipinski definition) is 3. The predicted molar refractivity (Wildman–Crippen MR) is 75.2 cm³/mol. The second-order valence-corrected chi connectivity index (χ2v) is 4.77. The number of benzene rings is 1. The van der Waals surface area contributed by atoms with Crippen LogP contribution in [-0.2, 0) is 0 Å². The van der Waals surface area contributed by atoms with Gasteiger partial charge < -0.3 is 14.7 Å². The zero-order chi connectivity index (χ0) is 13.7. The summed E-state index contributed by atoms with van der Waals surface area (Å²) in [5.74, 6) is 1.37. The van der Waals surface area contributed by atoms with Gasteiger partial charge in [-0.1, -0.05) is 0 Å². The minimum absolute atomic E-state index is 0.137. The summed E-state index contributed by atoms with van der Waals surface area (Å²) < 4.78 is 11.8. The van der Waals surface area contributed by atoms with E-state index in [4.69, 9.17) is 9.47 Å². The van der Waals surface area contributed by atoms with Crippen LogP contribution in [0.2, 0.25) is 0 Å². The van der Waals surface area contributed by atoms with Crippen molar-refractivity contribution >= 4 is 6.21 Å². The molecule has 0 heterocycles. The molecule has 1 fully saturated rings. The van der Waals surface area contributed by atoms with Crippen molar-refractivity contribution in [3.8, 4) is 11.5 Å². The Kier molecular flexibility index (Phi) is 4.66. The number of nitrogens with zero attached hydrogens (tertiary/aromatic N) is 1. The fourth-order valence-electron chi connectivity index (χ4n) is 2.45. The van der Waals surface area contributed by atoms with Gasteiger partial charge in [0.1, 0.15) is 0 Å². The Balaban J connectivity index is 2.19. The van der Waals surface area contributed by atoms with E-state index >= 15 is 0 Å². The third-order valence-corrected chi connectivity index (χ3v) is 3.45. The number of rotatable bonds is 5. The zero-order valence-electron chi connectivity index (χ0n) is 11.6. The van der Waals surface area contributed by atoms with Crippen molar-refractivity contribution in [2.45, 2.75) is 38.6 Å². The summed E-state index contributed by atoms with van der Waals surface area (Å²) in [6.45, 7) is 2.50. The maximum absolute atomic E-state index is 12.0. The first-order valence-electron chi connectivity index (χ1n) is 6.85. The molecule has 1 aliphatic rings. The van der Waals surface area contributed by atoms with Crippen molar-refractivity contribution in [2.75, 3.05) is 13.7 Å². The highest BCUT2D eigenvalue weighted by Gasteiger charge is 2.21. The van der Waals surface area contributed by atoms with Crippen molar-refractivity contribution in [3.05, 3.63) is 29.0 Å². The first-order valence-corrected chi connectivity index (χ1v) is 6.85. The molecule has 0 unspecified atom stereocenters. The molecule has 0 radical (unpaired) electrons. The predicted octanol–water partition coefficient (Wildman–Crippen LogP) is 2.97. The lowest BCUT2D eigenvalue weighted by Crippen LogP contribution is -2.18. The minimum Gasteiger partial charge on any atom is -0.624 e. The van der Waals surface area contributed by atoms with Crippen LogP contribution < -0.4 is 9.47 Å². The van der Waals surface area contributed by atoms with Crippen LogP contribution >= 0.6 is 0 Å². The molecule has 1 aliphatic carbocycles. The van der Waals surface area contributed by atoms with E-state index < -0.39 is 0 Å². The van der Waals surface area contributed by atoms with E-state index in [2.05, 4.69) is 0 Å². The molecule has 0 amide bonds. The summed E-state index contributed by atoms with van der Waals surface area (Å²) in [6, 6.07) is 5.69. The minimum atomic E-state index is 0.137. The SMILES string of the molecule is CCOc1cc(C=[N+]([O-])C2CCCC2)ccc1OC. The molecule has 0 N–H and O–H groups in total. The van der Waals surface area contributed by atoms with Crippen molar-refractivity contribution in [2.24, 2.45) is 0 Å². The van der Waals surface area contributed by atoms with Crippen molar-refractivity contribution in [3.63, 3.8) is 0 Å². The molecule has 0 aromatic heterocycles. The topological polar surface area (TPSA) is 44.5 Å². The summed E-state index contributed by atoms with van der Waals surface area (Å²) in [4.78, 5) is 0. The van der Waals surface area contributed by atoms with E-state index in [0.717, 1.165) is 36.0 Å². The van der Waals surface area contributed by atoms with Crippen molar-refractivity contribution < 1.29 is 14.2 Å². The van der Waals surface area contributed by atoms with E-state index in [0.29, 0.717) is 18.1 Å². The van der Waals surface area contributed by atoms with Gasteiger partial charge in [0.05, 0.1) is 13.7 Å². The molecule has 4 nitrogen and oxygen atoms in total. The lowest BCUT2D eigenvalue weighted by molar-refractivity contribution is -0.494. The maximum Gasteiger partial charge on any atom is 0.182 e. The smallest absolute Gasteiger partial charge is 0.182 e. The second-order valence-electron chi connectivity index (χ2n) is 4.77. The Morgan fingerprint density at radius 3 is 2.68 bits per heavy atom. The van der Waals surface area contributed by atoms with Gasteiger partial charge in [-0.15, -0.1) is 0 Å². The van der Waals surface area contributed by atoms with Gasteiger partial charge in [-0.25, -0.2) is 4.74 Å². The first kappa shape index (κ1) is 13.7. The summed E-state index contributed by atoms with van der Waals surface area (Å²) in [5.41, 5.74) is 0.853. The number of ether oxygens (including phenoxy) is 2. The zero-order valence-corrected chi connectivity index (χ0v) is 11.6. The fraction of sp³-hybridized carbons (Fsp3) is 0.533. The van der Waals surface area contributed by atoms with Gasteiger partial charge in [0.2, 0.25) is 0 Å². The standard InChI is InChI=1S/C15H21NO3/c1-3-19-15-10-12(8-9-14(15)18-2)11-16(17)13-6-4-5-7-13/h8-11,13H,3-7H2,1-2H3. The summed E-state index contributed by atoms with van der Waals surface area (Å²) in [6.07, 6.45) is 5.95. The highest BCUT2D eigenvalue weighted by Crippen LogP contribution is 2.27. The maximum atomic E-state index is 12.0. The van der Waals surface area contributed by atoms with Crippen LogP contribution in [-0.4, -0.2) is 30.7 Å². The van der Waals surface area contributed by atoms with Crippen molar-refractivity contribution in [1.29, 1.82) is 0 Å². The molecule has 4 heteroatoms. The molecule has 1 aromatic rings. The Bertz CT molecular complexity index is 451. The lowest BCUT2D eigenvalue weighted by Gasteiger charge is -2.12. The molecule has 0 spiro atoms. The molecule has 104 valence electrons. The van der Waals surface area contributed by atoms with Crippen molar-refractivity contribution in [1.82, 2.24) is 0 Å². The van der Waals surface area contributed by atoms with E-state index in [1.54, 1.807) is 13.3 Å². The van der Waals surface area contributed by atoms with Crippen LogP contribution in [0.1, 0.15) is 38.2 Å². The first-order chi connectivity index (χ1) is 9.24. The number of hydrogen-bond donors (Lipinski definition) is 0. The Hall–Kier alpha value is -1.71. The van der Waals surface area contributed by atoms with Gasteiger partial charge >= 0.3 is 0 Å². The normalized spacial score (nSPS) is 16.6. The Labute approximate surface area is 114 Å². The van der Waals surface area contributed by atoms with Gasteiger partial charge in [-0.2, -0.15) is 0 Å². The van der Waals surface area contributed by atoms with E-state index in [9.17, 15) is 5.21 Å². The molecule has 2 rings (SSSR count). The molecular formula is C15H21NO3. The summed E-state index contributed by atoms with van der Waals surface area (Å²) in [7, 11) is 1.61. The van der Waals surface area contributed by atoms with E-state index in [1.807, 2.05) is 25.1 Å². The number of hydroxylamine groups is 1. The molecule has 0 bridgehead atoms. The highest BCUT2D eigenvalue weighted by molar-refractivity contribution is 5.77. The molecule has 19 heavy (non-hydrogen) atoms. The highest BCUT2D eigenvalue weighted by atomic mass is 16.5. The van der Waals surface area contributed by atoms with Gasteiger partial charge in [0, 0.05) is 18.4 Å². The molecule has 1 aromatic carbocycles. The van der Waals surface area contributed by atoms with Crippen LogP contribution in [0.15, 0.2) is 18.2 Å². The third kappa shape index (κ3) is 3.40. The Morgan fingerprint density at radius 1 is 1.32 bits per heavy atom. The molecule has 0 aliphatic heterocycles. The van der Waals surface area contributed by atoms with Crippen LogP contribution in [0.4, 0.5) is 0 Å². The fourth-order valence-corrected chi connectivity index (χ4v) is 2.45. The molecule has 0 saturated heterocycles. The molecule has 1 saturated carbocycles. The van der Waals surface area contributed by atoms with Crippen LogP contribution in [0, 0.1) is 5.21 Å². The van der Waals surface area contributed by atoms with Crippen LogP contribution in [0.25, 0.3) is 0 Å². The van der Waals surface area contributed by atoms with Gasteiger partial charge in [0.25, 0.3) is 0 Å².